The number of rotatable bonds is 6. The maximum Gasteiger partial charge on any atom is 0.417 e. The van der Waals surface area contributed by atoms with Gasteiger partial charge < -0.3 is 4.90 Å². The smallest absolute Gasteiger partial charge is 0.338 e. The summed E-state index contributed by atoms with van der Waals surface area (Å²) >= 11 is 0.840. The van der Waals surface area contributed by atoms with E-state index in [2.05, 4.69) is 11.6 Å². The molecule has 0 saturated carbocycles. The highest BCUT2D eigenvalue weighted by Gasteiger charge is 2.35. The fourth-order valence-corrected chi connectivity index (χ4v) is 2.96. The van der Waals surface area contributed by atoms with E-state index in [1.807, 2.05) is 0 Å². The SMILES string of the molecule is C=C(C)CN(CC)C(=O)CSc1nc(C)cc(C(F)(F)F)c1C#N. The normalized spacial score (nSPS) is 11.0. The van der Waals surface area contributed by atoms with Crippen LogP contribution in [0.2, 0.25) is 0 Å². The van der Waals surface area contributed by atoms with E-state index in [9.17, 15) is 18.0 Å². The number of alkyl halides is 3. The summed E-state index contributed by atoms with van der Waals surface area (Å²) in [5, 5.41) is 9.00. The predicted octanol–water partition coefficient (Wildman–Crippen LogP) is 3.80. The molecule has 8 heteroatoms. The van der Waals surface area contributed by atoms with Crippen molar-refractivity contribution in [3.05, 3.63) is 35.0 Å². The molecule has 1 aromatic rings. The van der Waals surface area contributed by atoms with Gasteiger partial charge in [-0.3, -0.25) is 4.79 Å². The number of carbonyl (C=O) groups excluding carboxylic acids is 1. The number of pyridine rings is 1. The molecular formula is C16H18F3N3OS. The molecule has 0 spiro atoms. The van der Waals surface area contributed by atoms with E-state index >= 15 is 0 Å². The second kappa shape index (κ2) is 8.20. The first-order chi connectivity index (χ1) is 11.1. The Morgan fingerprint density at radius 1 is 1.50 bits per heavy atom. The first-order valence-corrected chi connectivity index (χ1v) is 8.12. The van der Waals surface area contributed by atoms with Gasteiger partial charge in [0.15, 0.2) is 0 Å². The van der Waals surface area contributed by atoms with Gasteiger partial charge in [0.05, 0.1) is 16.9 Å². The minimum Gasteiger partial charge on any atom is -0.338 e. The van der Waals surface area contributed by atoms with Crippen molar-refractivity contribution in [2.24, 2.45) is 0 Å². The number of amides is 1. The molecule has 0 aliphatic carbocycles. The Kier molecular flexibility index (Phi) is 6.84. The summed E-state index contributed by atoms with van der Waals surface area (Å²) < 4.78 is 39.1. The van der Waals surface area contributed by atoms with E-state index in [0.717, 1.165) is 23.4 Å². The Balaban J connectivity index is 3.04. The van der Waals surface area contributed by atoms with E-state index in [4.69, 9.17) is 5.26 Å². The standard InChI is InChI=1S/C16H18F3N3OS/c1-5-22(8-10(2)3)14(23)9-24-15-12(7-20)13(16(17,18)19)6-11(4)21-15/h6H,2,5,8-9H2,1,3-4H3. The Bertz CT molecular complexity index is 680. The minimum absolute atomic E-state index is 0.0791. The van der Waals surface area contributed by atoms with Gasteiger partial charge in [0.25, 0.3) is 0 Å². The molecular weight excluding hydrogens is 339 g/mol. The fourth-order valence-electron chi connectivity index (χ4n) is 2.00. The topological polar surface area (TPSA) is 57.0 Å². The molecule has 1 aromatic heterocycles. The quantitative estimate of drug-likeness (QED) is 0.574. The molecule has 0 saturated heterocycles. The summed E-state index contributed by atoms with van der Waals surface area (Å²) in [6.45, 7) is 9.60. The summed E-state index contributed by atoms with van der Waals surface area (Å²) in [5.74, 6) is -0.338. The van der Waals surface area contributed by atoms with E-state index in [0.29, 0.717) is 13.1 Å². The number of hydrogen-bond donors (Lipinski definition) is 0. The zero-order valence-electron chi connectivity index (χ0n) is 13.7. The summed E-state index contributed by atoms with van der Waals surface area (Å²) in [5.41, 5.74) is -0.623. The zero-order chi connectivity index (χ0) is 18.5. The van der Waals surface area contributed by atoms with Crippen LogP contribution in [0.15, 0.2) is 23.2 Å². The van der Waals surface area contributed by atoms with E-state index < -0.39 is 17.3 Å². The van der Waals surface area contributed by atoms with E-state index in [1.165, 1.54) is 6.92 Å². The Labute approximate surface area is 143 Å². The fraction of sp³-hybridized carbons (Fsp3) is 0.438. The van der Waals surface area contributed by atoms with Crippen molar-refractivity contribution >= 4 is 17.7 Å². The number of nitriles is 1. The van der Waals surface area contributed by atoms with Gasteiger partial charge in [-0.25, -0.2) is 4.98 Å². The van der Waals surface area contributed by atoms with Crippen LogP contribution in [0.25, 0.3) is 0 Å². The first kappa shape index (κ1) is 20.0. The molecule has 0 radical (unpaired) electrons. The van der Waals surface area contributed by atoms with Crippen molar-refractivity contribution in [1.82, 2.24) is 9.88 Å². The number of likely N-dealkylation sites (N-methyl/N-ethyl adjacent to an activating group) is 1. The van der Waals surface area contributed by atoms with Crippen LogP contribution in [-0.2, 0) is 11.0 Å². The molecule has 0 aromatic carbocycles. The number of nitrogens with zero attached hydrogens (tertiary/aromatic N) is 3. The lowest BCUT2D eigenvalue weighted by Crippen LogP contribution is -2.33. The predicted molar refractivity (Wildman–Crippen MR) is 86.5 cm³/mol. The zero-order valence-corrected chi connectivity index (χ0v) is 14.5. The summed E-state index contributed by atoms with van der Waals surface area (Å²) in [7, 11) is 0. The van der Waals surface area contributed by atoms with Gasteiger partial charge in [0.1, 0.15) is 11.1 Å². The van der Waals surface area contributed by atoms with Crippen molar-refractivity contribution in [2.75, 3.05) is 18.8 Å². The van der Waals surface area contributed by atoms with Crippen LogP contribution in [0.5, 0.6) is 0 Å². The third kappa shape index (κ3) is 5.27. The van der Waals surface area contributed by atoms with Crippen molar-refractivity contribution in [3.8, 4) is 6.07 Å². The van der Waals surface area contributed by atoms with E-state index in [1.54, 1.807) is 24.8 Å². The lowest BCUT2D eigenvalue weighted by atomic mass is 10.1. The highest BCUT2D eigenvalue weighted by molar-refractivity contribution is 8.00. The number of thioether (sulfide) groups is 1. The molecule has 0 aliphatic rings. The molecule has 4 nitrogen and oxygen atoms in total. The largest absolute Gasteiger partial charge is 0.417 e. The van der Waals surface area contributed by atoms with Crippen LogP contribution in [0.4, 0.5) is 13.2 Å². The Morgan fingerprint density at radius 2 is 2.12 bits per heavy atom. The maximum atomic E-state index is 13.0. The molecule has 0 bridgehead atoms. The first-order valence-electron chi connectivity index (χ1n) is 7.14. The number of halogens is 3. The van der Waals surface area contributed by atoms with Crippen LogP contribution < -0.4 is 0 Å². The van der Waals surface area contributed by atoms with Gasteiger partial charge in [-0.15, -0.1) is 0 Å². The second-order valence-electron chi connectivity index (χ2n) is 5.25. The Hall–Kier alpha value is -2.01. The molecule has 130 valence electrons. The molecule has 1 rings (SSSR count). The Morgan fingerprint density at radius 3 is 2.58 bits per heavy atom. The average Bonchev–Trinajstić information content (AvgIpc) is 2.48. The van der Waals surface area contributed by atoms with Gasteiger partial charge in [-0.2, -0.15) is 18.4 Å². The van der Waals surface area contributed by atoms with Gasteiger partial charge in [0.2, 0.25) is 5.91 Å². The summed E-state index contributed by atoms with van der Waals surface area (Å²) in [4.78, 5) is 17.7. The molecule has 0 fully saturated rings. The summed E-state index contributed by atoms with van der Waals surface area (Å²) in [6, 6.07) is 2.39. The second-order valence-corrected chi connectivity index (χ2v) is 6.22. The van der Waals surface area contributed by atoms with Gasteiger partial charge in [-0.1, -0.05) is 23.9 Å². The van der Waals surface area contributed by atoms with Crippen LogP contribution in [0.1, 0.15) is 30.7 Å². The van der Waals surface area contributed by atoms with E-state index in [-0.39, 0.29) is 22.4 Å². The van der Waals surface area contributed by atoms with Crippen molar-refractivity contribution < 1.29 is 18.0 Å². The monoisotopic (exact) mass is 357 g/mol. The van der Waals surface area contributed by atoms with Crippen molar-refractivity contribution in [1.29, 1.82) is 5.26 Å². The van der Waals surface area contributed by atoms with Gasteiger partial charge in [-0.05, 0) is 26.8 Å². The molecule has 0 N–H and O–H groups in total. The third-order valence-corrected chi connectivity index (χ3v) is 4.02. The lowest BCUT2D eigenvalue weighted by molar-refractivity contribution is -0.138. The summed E-state index contributed by atoms with van der Waals surface area (Å²) in [6.07, 6.45) is -4.65. The highest BCUT2D eigenvalue weighted by atomic mass is 32.2. The third-order valence-electron chi connectivity index (χ3n) is 3.06. The van der Waals surface area contributed by atoms with Crippen molar-refractivity contribution in [2.45, 2.75) is 32.0 Å². The van der Waals surface area contributed by atoms with Crippen LogP contribution in [-0.4, -0.2) is 34.6 Å². The molecule has 0 atom stereocenters. The maximum absolute atomic E-state index is 13.0. The average molecular weight is 357 g/mol. The van der Waals surface area contributed by atoms with Crippen LogP contribution in [0.3, 0.4) is 0 Å². The molecule has 0 unspecified atom stereocenters. The van der Waals surface area contributed by atoms with Crippen molar-refractivity contribution in [3.63, 3.8) is 0 Å². The molecule has 0 aliphatic heterocycles. The van der Waals surface area contributed by atoms with Gasteiger partial charge in [0, 0.05) is 18.8 Å². The number of aromatic nitrogens is 1. The highest BCUT2D eigenvalue weighted by Crippen LogP contribution is 2.35. The molecule has 1 heterocycles. The van der Waals surface area contributed by atoms with Crippen LogP contribution >= 0.6 is 11.8 Å². The number of hydrogen-bond acceptors (Lipinski definition) is 4. The lowest BCUT2D eigenvalue weighted by Gasteiger charge is -2.21. The van der Waals surface area contributed by atoms with Gasteiger partial charge >= 0.3 is 6.18 Å². The number of carbonyl (C=O) groups is 1. The molecule has 1 amide bonds. The van der Waals surface area contributed by atoms with Crippen LogP contribution in [0, 0.1) is 18.3 Å². The molecule has 24 heavy (non-hydrogen) atoms. The number of aryl methyl sites for hydroxylation is 1. The minimum atomic E-state index is -4.65.